The van der Waals surface area contributed by atoms with Gasteiger partial charge in [-0.1, -0.05) is 36.4 Å². The molecular formula is C23H28N4O4S. The van der Waals surface area contributed by atoms with Crippen molar-refractivity contribution in [2.75, 3.05) is 35.0 Å². The first kappa shape index (κ1) is 22.3. The van der Waals surface area contributed by atoms with Gasteiger partial charge in [0.25, 0.3) is 0 Å². The van der Waals surface area contributed by atoms with Crippen molar-refractivity contribution in [3.05, 3.63) is 60.2 Å². The molecule has 4 rings (SSSR count). The zero-order valence-electron chi connectivity index (χ0n) is 17.9. The Hall–Kier alpha value is -2.91. The molecule has 2 fully saturated rings. The van der Waals surface area contributed by atoms with Crippen LogP contribution in [-0.4, -0.2) is 56.6 Å². The van der Waals surface area contributed by atoms with Crippen LogP contribution in [0, 0.1) is 0 Å². The minimum atomic E-state index is -3.31. The third-order valence-electron chi connectivity index (χ3n) is 5.87. The van der Waals surface area contributed by atoms with Crippen molar-refractivity contribution in [3.63, 3.8) is 0 Å². The number of rotatable bonds is 5. The van der Waals surface area contributed by atoms with Crippen molar-refractivity contribution < 1.29 is 18.0 Å². The molecule has 2 saturated heterocycles. The van der Waals surface area contributed by atoms with Gasteiger partial charge in [0.15, 0.2) is 0 Å². The van der Waals surface area contributed by atoms with Crippen LogP contribution in [0.2, 0.25) is 0 Å². The molecule has 0 aliphatic carbocycles. The van der Waals surface area contributed by atoms with Crippen molar-refractivity contribution in [1.82, 2.24) is 10.2 Å². The maximum absolute atomic E-state index is 12.4. The molecule has 8 nitrogen and oxygen atoms in total. The van der Waals surface area contributed by atoms with E-state index in [1.807, 2.05) is 18.2 Å². The summed E-state index contributed by atoms with van der Waals surface area (Å²) in [5.41, 5.74) is 2.15. The number of hydrogen-bond donors (Lipinski definition) is 2. The van der Waals surface area contributed by atoms with Crippen LogP contribution >= 0.6 is 0 Å². The summed E-state index contributed by atoms with van der Waals surface area (Å²) in [5.74, 6) is -1.31. The van der Waals surface area contributed by atoms with Crippen LogP contribution in [0.25, 0.3) is 0 Å². The lowest BCUT2D eigenvalue weighted by molar-refractivity contribution is -0.136. The third-order valence-corrected chi connectivity index (χ3v) is 7.74. The first-order chi connectivity index (χ1) is 15.4. The van der Waals surface area contributed by atoms with Gasteiger partial charge in [0, 0.05) is 37.9 Å². The van der Waals surface area contributed by atoms with E-state index < -0.39 is 21.8 Å². The number of piperidine rings is 1. The highest BCUT2D eigenvalue weighted by atomic mass is 32.2. The Morgan fingerprint density at radius 2 is 1.69 bits per heavy atom. The molecular weight excluding hydrogens is 428 g/mol. The molecule has 0 radical (unpaired) electrons. The van der Waals surface area contributed by atoms with Gasteiger partial charge in [0.2, 0.25) is 10.0 Å². The van der Waals surface area contributed by atoms with Crippen molar-refractivity contribution in [3.8, 4) is 0 Å². The largest absolute Gasteiger partial charge is 0.345 e. The zero-order valence-corrected chi connectivity index (χ0v) is 18.7. The van der Waals surface area contributed by atoms with Crippen molar-refractivity contribution in [1.29, 1.82) is 0 Å². The maximum atomic E-state index is 12.4. The summed E-state index contributed by atoms with van der Waals surface area (Å²) >= 11 is 0. The third kappa shape index (κ3) is 5.46. The summed E-state index contributed by atoms with van der Waals surface area (Å²) in [6, 6.07) is 16.8. The molecule has 0 bridgehead atoms. The van der Waals surface area contributed by atoms with Gasteiger partial charge in [0.05, 0.1) is 11.4 Å². The number of benzene rings is 2. The Morgan fingerprint density at radius 1 is 0.938 bits per heavy atom. The van der Waals surface area contributed by atoms with E-state index in [-0.39, 0.29) is 11.8 Å². The van der Waals surface area contributed by atoms with Crippen molar-refractivity contribution in [2.45, 2.75) is 31.8 Å². The predicted octanol–water partition coefficient (Wildman–Crippen LogP) is 1.95. The van der Waals surface area contributed by atoms with Crippen LogP contribution in [0.4, 0.5) is 11.4 Å². The highest BCUT2D eigenvalue weighted by molar-refractivity contribution is 7.93. The molecule has 0 saturated carbocycles. The topological polar surface area (TPSA) is 98.8 Å². The Kier molecular flexibility index (Phi) is 6.76. The van der Waals surface area contributed by atoms with E-state index in [9.17, 15) is 18.0 Å². The number of nitrogens with one attached hydrogen (secondary N) is 2. The smallest absolute Gasteiger partial charge is 0.313 e. The number of amides is 2. The van der Waals surface area contributed by atoms with Crippen LogP contribution in [0.5, 0.6) is 0 Å². The monoisotopic (exact) mass is 456 g/mol. The van der Waals surface area contributed by atoms with E-state index in [0.717, 1.165) is 32.5 Å². The van der Waals surface area contributed by atoms with Gasteiger partial charge in [-0.25, -0.2) is 8.42 Å². The number of likely N-dealkylation sites (tertiary alicyclic amines) is 1. The molecule has 2 aliphatic heterocycles. The fraction of sp³-hybridized carbons (Fsp3) is 0.391. The van der Waals surface area contributed by atoms with E-state index in [4.69, 9.17) is 0 Å². The minimum Gasteiger partial charge on any atom is -0.345 e. The normalized spacial score (nSPS) is 18.9. The van der Waals surface area contributed by atoms with Gasteiger partial charge >= 0.3 is 11.8 Å². The SMILES string of the molecule is O=C(Nc1cccc(N2CCCS2(=O)=O)c1)C(=O)NC1CCN(Cc2ccccc2)CC1. The number of carbonyl (C=O) groups is 2. The van der Waals surface area contributed by atoms with E-state index in [0.29, 0.717) is 24.3 Å². The molecule has 0 aromatic heterocycles. The predicted molar refractivity (Wildman–Crippen MR) is 124 cm³/mol. The number of hydrogen-bond acceptors (Lipinski definition) is 5. The number of sulfonamides is 1. The maximum Gasteiger partial charge on any atom is 0.313 e. The van der Waals surface area contributed by atoms with Gasteiger partial charge in [-0.15, -0.1) is 0 Å². The molecule has 32 heavy (non-hydrogen) atoms. The summed E-state index contributed by atoms with van der Waals surface area (Å²) in [6.45, 7) is 3.01. The summed E-state index contributed by atoms with van der Waals surface area (Å²) in [6.07, 6.45) is 2.15. The van der Waals surface area contributed by atoms with E-state index >= 15 is 0 Å². The molecule has 2 heterocycles. The van der Waals surface area contributed by atoms with Crippen molar-refractivity contribution >= 4 is 33.2 Å². The van der Waals surface area contributed by atoms with E-state index in [2.05, 4.69) is 27.7 Å². The lowest BCUT2D eigenvalue weighted by atomic mass is 10.0. The van der Waals surface area contributed by atoms with E-state index in [1.165, 1.54) is 9.87 Å². The van der Waals surface area contributed by atoms with Gasteiger partial charge in [-0.3, -0.25) is 18.8 Å². The average molecular weight is 457 g/mol. The second-order valence-corrected chi connectivity index (χ2v) is 10.3. The molecule has 2 aliphatic rings. The fourth-order valence-electron chi connectivity index (χ4n) is 4.18. The molecule has 170 valence electrons. The lowest BCUT2D eigenvalue weighted by Gasteiger charge is -2.32. The molecule has 0 spiro atoms. The molecule has 0 atom stereocenters. The Balaban J connectivity index is 1.27. The van der Waals surface area contributed by atoms with Crippen LogP contribution in [0.15, 0.2) is 54.6 Å². The Labute approximate surface area is 188 Å². The molecule has 9 heteroatoms. The molecule has 2 N–H and O–H groups in total. The van der Waals surface area contributed by atoms with Crippen LogP contribution in [0.3, 0.4) is 0 Å². The average Bonchev–Trinajstić information content (AvgIpc) is 3.15. The summed E-state index contributed by atoms with van der Waals surface area (Å²) < 4.78 is 25.6. The van der Waals surface area contributed by atoms with E-state index in [1.54, 1.807) is 24.3 Å². The highest BCUT2D eigenvalue weighted by Gasteiger charge is 2.29. The second-order valence-electron chi connectivity index (χ2n) is 8.26. The Bertz CT molecular complexity index is 1070. The standard InChI is InChI=1S/C23H28N4O4S/c28-22(24-19-10-13-26(14-11-19)17-18-6-2-1-3-7-18)23(29)25-20-8-4-9-21(16-20)27-12-5-15-32(27,30)31/h1-4,6-9,16,19H,5,10-15,17H2,(H,24,28)(H,25,29). The molecule has 2 aromatic carbocycles. The lowest BCUT2D eigenvalue weighted by Crippen LogP contribution is -2.47. The summed E-state index contributed by atoms with van der Waals surface area (Å²) in [4.78, 5) is 27.1. The van der Waals surface area contributed by atoms with Crippen LogP contribution in [0.1, 0.15) is 24.8 Å². The van der Waals surface area contributed by atoms with Gasteiger partial charge < -0.3 is 10.6 Å². The van der Waals surface area contributed by atoms with Gasteiger partial charge in [-0.05, 0) is 43.0 Å². The van der Waals surface area contributed by atoms with Crippen molar-refractivity contribution in [2.24, 2.45) is 0 Å². The molecule has 0 unspecified atom stereocenters. The quantitative estimate of drug-likeness (QED) is 0.670. The Morgan fingerprint density at radius 3 is 2.38 bits per heavy atom. The van der Waals surface area contributed by atoms with Crippen LogP contribution in [-0.2, 0) is 26.2 Å². The number of carbonyl (C=O) groups excluding carboxylic acids is 2. The van der Waals surface area contributed by atoms with Gasteiger partial charge in [-0.2, -0.15) is 0 Å². The zero-order chi connectivity index (χ0) is 22.6. The number of nitrogens with zero attached hydrogens (tertiary/aromatic N) is 2. The summed E-state index contributed by atoms with van der Waals surface area (Å²) in [7, 11) is -3.31. The van der Waals surface area contributed by atoms with Gasteiger partial charge in [0.1, 0.15) is 0 Å². The second kappa shape index (κ2) is 9.70. The first-order valence-corrected chi connectivity index (χ1v) is 12.5. The van der Waals surface area contributed by atoms with Crippen LogP contribution < -0.4 is 14.9 Å². The molecule has 2 aromatic rings. The summed E-state index contributed by atoms with van der Waals surface area (Å²) in [5, 5.41) is 5.40. The highest BCUT2D eigenvalue weighted by Crippen LogP contribution is 2.26. The molecule has 2 amide bonds. The number of anilines is 2. The first-order valence-electron chi connectivity index (χ1n) is 10.9. The fourth-order valence-corrected chi connectivity index (χ4v) is 5.74. The minimum absolute atomic E-state index is 0.0404.